The Hall–Kier alpha value is -3.04. The normalized spacial score (nSPS) is 15.5. The van der Waals surface area contributed by atoms with Crippen LogP contribution in [0, 0.1) is 0 Å². The molecule has 1 saturated heterocycles. The van der Waals surface area contributed by atoms with Crippen LogP contribution in [0.5, 0.6) is 0 Å². The van der Waals surface area contributed by atoms with E-state index in [0.717, 1.165) is 39.1 Å². The maximum Gasteiger partial charge on any atom is 0.279 e. The van der Waals surface area contributed by atoms with E-state index < -0.39 is 0 Å². The number of aryl methyl sites for hydroxylation is 1. The first-order valence-electron chi connectivity index (χ1n) is 10.2. The molecule has 1 aliphatic heterocycles. The molecule has 0 saturated carbocycles. The lowest BCUT2D eigenvalue weighted by Gasteiger charge is -2.32. The van der Waals surface area contributed by atoms with Gasteiger partial charge in [0.05, 0.1) is 12.0 Å². The Morgan fingerprint density at radius 1 is 1.10 bits per heavy atom. The van der Waals surface area contributed by atoms with Crippen molar-refractivity contribution in [3.8, 4) is 5.69 Å². The van der Waals surface area contributed by atoms with Crippen LogP contribution in [0.15, 0.2) is 41.5 Å². The molecule has 1 N–H and O–H groups in total. The van der Waals surface area contributed by atoms with Crippen LogP contribution in [-0.2, 0) is 7.05 Å². The second kappa shape index (κ2) is 8.76. The van der Waals surface area contributed by atoms with Crippen molar-refractivity contribution in [2.45, 2.75) is 6.42 Å². The summed E-state index contributed by atoms with van der Waals surface area (Å²) < 4.78 is 2.89. The lowest BCUT2D eigenvalue weighted by atomic mass is 10.3. The van der Waals surface area contributed by atoms with Crippen molar-refractivity contribution in [3.05, 3.63) is 52.7 Å². The van der Waals surface area contributed by atoms with Gasteiger partial charge in [-0.1, -0.05) is 18.2 Å². The molecule has 0 spiro atoms. The van der Waals surface area contributed by atoms with Crippen molar-refractivity contribution in [2.24, 2.45) is 7.05 Å². The number of piperazine rings is 1. The Kier molecular flexibility index (Phi) is 5.91. The van der Waals surface area contributed by atoms with E-state index in [1.807, 2.05) is 30.3 Å². The quantitative estimate of drug-likeness (QED) is 0.596. The molecule has 4 rings (SSSR count). The van der Waals surface area contributed by atoms with Gasteiger partial charge in [-0.15, -0.1) is 0 Å². The largest absolute Gasteiger partial charge is 0.351 e. The molecule has 0 bridgehead atoms. The van der Waals surface area contributed by atoms with E-state index in [9.17, 15) is 9.59 Å². The summed E-state index contributed by atoms with van der Waals surface area (Å²) in [7, 11) is 3.77. The number of hydrogen-bond acceptors (Lipinski definition) is 6. The first-order valence-corrected chi connectivity index (χ1v) is 10.2. The van der Waals surface area contributed by atoms with E-state index in [-0.39, 0.29) is 17.2 Å². The van der Waals surface area contributed by atoms with E-state index in [0.29, 0.717) is 23.3 Å². The predicted octanol–water partition coefficient (Wildman–Crippen LogP) is 0.487. The van der Waals surface area contributed by atoms with Crippen molar-refractivity contribution in [3.63, 3.8) is 0 Å². The number of nitrogens with one attached hydrogen (secondary N) is 1. The molecule has 0 radical (unpaired) electrons. The smallest absolute Gasteiger partial charge is 0.279 e. The molecule has 0 atom stereocenters. The van der Waals surface area contributed by atoms with Gasteiger partial charge in [0.2, 0.25) is 0 Å². The van der Waals surface area contributed by atoms with Crippen LogP contribution in [0.3, 0.4) is 0 Å². The van der Waals surface area contributed by atoms with Crippen LogP contribution < -0.4 is 10.9 Å². The fraction of sp³-hybridized carbons (Fsp3) is 0.429. The van der Waals surface area contributed by atoms with Gasteiger partial charge in [-0.05, 0) is 32.1 Å². The van der Waals surface area contributed by atoms with Gasteiger partial charge in [0.1, 0.15) is 5.52 Å². The number of aromatic nitrogens is 4. The van der Waals surface area contributed by atoms with Gasteiger partial charge in [0.15, 0.2) is 11.2 Å². The number of carbonyl (C=O) groups excluding carboxylic acids is 1. The van der Waals surface area contributed by atoms with Crippen molar-refractivity contribution in [2.75, 3.05) is 46.3 Å². The number of fused-ring (bicyclic) bond motifs is 1. The molecule has 3 heterocycles. The van der Waals surface area contributed by atoms with E-state index >= 15 is 0 Å². The number of amides is 1. The second-order valence-corrected chi connectivity index (χ2v) is 7.71. The number of para-hydroxylation sites is 1. The Morgan fingerprint density at radius 2 is 1.83 bits per heavy atom. The summed E-state index contributed by atoms with van der Waals surface area (Å²) in [6.07, 6.45) is 2.29. The molecule has 0 aliphatic carbocycles. The van der Waals surface area contributed by atoms with Gasteiger partial charge in [-0.3, -0.25) is 9.59 Å². The summed E-state index contributed by atoms with van der Waals surface area (Å²) in [6, 6.07) is 9.30. The third-order valence-electron chi connectivity index (χ3n) is 5.49. The van der Waals surface area contributed by atoms with Crippen LogP contribution in [0.2, 0.25) is 0 Å². The van der Waals surface area contributed by atoms with E-state index in [2.05, 4.69) is 32.2 Å². The SMILES string of the molecule is CN1CCN(CCCNC(=O)c2nn(-c3ccccc3)c3c(=O)n(C)cnc23)CC1. The zero-order chi connectivity index (χ0) is 21.1. The maximum absolute atomic E-state index is 12.8. The van der Waals surface area contributed by atoms with Gasteiger partial charge in [-0.2, -0.15) is 5.10 Å². The summed E-state index contributed by atoms with van der Waals surface area (Å²) >= 11 is 0. The number of benzene rings is 1. The molecule has 9 nitrogen and oxygen atoms in total. The van der Waals surface area contributed by atoms with Crippen LogP contribution >= 0.6 is 0 Å². The fourth-order valence-corrected chi connectivity index (χ4v) is 3.66. The fourth-order valence-electron chi connectivity index (χ4n) is 3.66. The molecule has 158 valence electrons. The molecule has 1 aromatic carbocycles. The highest BCUT2D eigenvalue weighted by atomic mass is 16.2. The molecule has 1 aliphatic rings. The van der Waals surface area contributed by atoms with Crippen molar-refractivity contribution in [1.29, 1.82) is 0 Å². The number of rotatable bonds is 6. The molecule has 30 heavy (non-hydrogen) atoms. The standard InChI is InChI=1S/C21H27N7O2/c1-25-11-13-27(14-12-25)10-6-9-22-20(29)18-17-19(21(30)26(2)15-23-17)28(24-18)16-7-4-3-5-8-16/h3-5,7-8,15H,6,9-14H2,1-2H3,(H,22,29). The average Bonchev–Trinajstić information content (AvgIpc) is 3.16. The van der Waals surface area contributed by atoms with Gasteiger partial charge >= 0.3 is 0 Å². The van der Waals surface area contributed by atoms with Crippen LogP contribution in [0.1, 0.15) is 16.9 Å². The summed E-state index contributed by atoms with van der Waals surface area (Å²) in [5.74, 6) is -0.311. The van der Waals surface area contributed by atoms with Gasteiger partial charge < -0.3 is 19.7 Å². The molecular formula is C21H27N7O2. The Morgan fingerprint density at radius 3 is 2.57 bits per heavy atom. The minimum atomic E-state index is -0.311. The Labute approximate surface area is 174 Å². The summed E-state index contributed by atoms with van der Waals surface area (Å²) in [5, 5.41) is 7.39. The number of carbonyl (C=O) groups is 1. The monoisotopic (exact) mass is 409 g/mol. The molecule has 1 fully saturated rings. The predicted molar refractivity (Wildman–Crippen MR) is 115 cm³/mol. The lowest BCUT2D eigenvalue weighted by molar-refractivity contribution is 0.0945. The lowest BCUT2D eigenvalue weighted by Crippen LogP contribution is -2.45. The number of nitrogens with zero attached hydrogens (tertiary/aromatic N) is 6. The third kappa shape index (κ3) is 4.12. The van der Waals surface area contributed by atoms with Crippen LogP contribution in [0.4, 0.5) is 0 Å². The van der Waals surface area contributed by atoms with E-state index in [4.69, 9.17) is 0 Å². The summed E-state index contributed by atoms with van der Waals surface area (Å²) in [4.78, 5) is 34.6. The minimum absolute atomic E-state index is 0.172. The molecule has 0 unspecified atom stereocenters. The van der Waals surface area contributed by atoms with E-state index in [1.54, 1.807) is 7.05 Å². The van der Waals surface area contributed by atoms with Gasteiger partial charge in [0.25, 0.3) is 11.5 Å². The van der Waals surface area contributed by atoms with Crippen LogP contribution in [-0.4, -0.2) is 81.4 Å². The Balaban J connectivity index is 1.50. The third-order valence-corrected chi connectivity index (χ3v) is 5.49. The number of hydrogen-bond donors (Lipinski definition) is 1. The topological polar surface area (TPSA) is 88.3 Å². The highest BCUT2D eigenvalue weighted by Crippen LogP contribution is 2.17. The zero-order valence-electron chi connectivity index (χ0n) is 17.4. The van der Waals surface area contributed by atoms with Crippen molar-refractivity contribution < 1.29 is 4.79 Å². The molecule has 9 heteroatoms. The Bertz CT molecular complexity index is 1080. The summed E-state index contributed by atoms with van der Waals surface area (Å²) in [5.41, 5.74) is 1.26. The first kappa shape index (κ1) is 20.2. The highest BCUT2D eigenvalue weighted by Gasteiger charge is 2.22. The maximum atomic E-state index is 12.8. The minimum Gasteiger partial charge on any atom is -0.351 e. The molecule has 1 amide bonds. The number of likely N-dealkylation sites (N-methyl/N-ethyl adjacent to an activating group) is 1. The van der Waals surface area contributed by atoms with Crippen molar-refractivity contribution in [1.82, 2.24) is 34.4 Å². The molecule has 2 aromatic heterocycles. The van der Waals surface area contributed by atoms with Gasteiger partial charge in [0, 0.05) is 39.8 Å². The average molecular weight is 409 g/mol. The zero-order valence-corrected chi connectivity index (χ0v) is 17.4. The highest BCUT2D eigenvalue weighted by molar-refractivity contribution is 6.03. The first-order chi connectivity index (χ1) is 14.5. The summed E-state index contributed by atoms with van der Waals surface area (Å²) in [6.45, 7) is 5.78. The second-order valence-electron chi connectivity index (χ2n) is 7.71. The molecular weight excluding hydrogens is 382 g/mol. The van der Waals surface area contributed by atoms with Crippen LogP contribution in [0.25, 0.3) is 16.7 Å². The van der Waals surface area contributed by atoms with E-state index in [1.165, 1.54) is 15.6 Å². The van der Waals surface area contributed by atoms with Crippen molar-refractivity contribution >= 4 is 16.9 Å². The van der Waals surface area contributed by atoms with Gasteiger partial charge in [-0.25, -0.2) is 9.67 Å². The molecule has 3 aromatic rings.